The maximum absolute atomic E-state index is 11.8. The second-order valence-electron chi connectivity index (χ2n) is 9.70. The first-order chi connectivity index (χ1) is 18.9. The van der Waals surface area contributed by atoms with Crippen LogP contribution in [0.5, 0.6) is 11.5 Å². The lowest BCUT2D eigenvalue weighted by atomic mass is 9.98. The number of methoxy groups -OCH3 is 2. The van der Waals surface area contributed by atoms with Gasteiger partial charge >= 0.3 is 0 Å². The topological polar surface area (TPSA) is 90.9 Å². The highest BCUT2D eigenvalue weighted by Gasteiger charge is 2.22. The molecule has 0 saturated carbocycles. The van der Waals surface area contributed by atoms with Crippen LogP contribution in [0.2, 0.25) is 0 Å². The molecule has 1 aromatic heterocycles. The van der Waals surface area contributed by atoms with E-state index < -0.39 is 9.84 Å². The van der Waals surface area contributed by atoms with Gasteiger partial charge in [-0.25, -0.2) is 13.4 Å². The number of aryl methyl sites for hydroxylation is 1. The SMILES string of the molecule is COCCOc1ccc(-c2cnc3cccc(-c4ccc(CN5CCS(=O)(=O)CC5)c(C)c4)c3n2)cc1OC. The first-order valence-corrected chi connectivity index (χ1v) is 14.8. The van der Waals surface area contributed by atoms with Crippen LogP contribution < -0.4 is 9.47 Å². The van der Waals surface area contributed by atoms with Crippen molar-refractivity contribution in [3.63, 3.8) is 0 Å². The molecule has 1 aliphatic rings. The molecule has 204 valence electrons. The predicted molar refractivity (Wildman–Crippen MR) is 153 cm³/mol. The van der Waals surface area contributed by atoms with E-state index in [2.05, 4.69) is 36.1 Å². The van der Waals surface area contributed by atoms with E-state index in [4.69, 9.17) is 24.2 Å². The molecule has 39 heavy (non-hydrogen) atoms. The van der Waals surface area contributed by atoms with Gasteiger partial charge in [0.15, 0.2) is 21.3 Å². The average Bonchev–Trinajstić information content (AvgIpc) is 2.94. The molecule has 4 aromatic rings. The van der Waals surface area contributed by atoms with Crippen LogP contribution in [-0.4, -0.2) is 75.3 Å². The van der Waals surface area contributed by atoms with Gasteiger partial charge in [0, 0.05) is 37.9 Å². The Morgan fingerprint density at radius 3 is 2.46 bits per heavy atom. The van der Waals surface area contributed by atoms with Gasteiger partial charge in [-0.1, -0.05) is 30.3 Å². The maximum atomic E-state index is 11.8. The largest absolute Gasteiger partial charge is 0.493 e. The van der Waals surface area contributed by atoms with Crippen LogP contribution in [0.25, 0.3) is 33.4 Å². The number of hydrogen-bond donors (Lipinski definition) is 0. The van der Waals surface area contributed by atoms with E-state index in [1.165, 1.54) is 5.56 Å². The Morgan fingerprint density at radius 2 is 1.72 bits per heavy atom. The Hall–Kier alpha value is -3.53. The van der Waals surface area contributed by atoms with Gasteiger partial charge < -0.3 is 14.2 Å². The van der Waals surface area contributed by atoms with Gasteiger partial charge in [-0.2, -0.15) is 0 Å². The van der Waals surface area contributed by atoms with Crippen molar-refractivity contribution in [3.05, 3.63) is 71.9 Å². The minimum Gasteiger partial charge on any atom is -0.493 e. The van der Waals surface area contributed by atoms with E-state index >= 15 is 0 Å². The third-order valence-corrected chi connectivity index (χ3v) is 8.67. The molecular formula is C30H33N3O5S. The number of para-hydroxylation sites is 1. The first kappa shape index (κ1) is 27.1. The molecule has 8 nitrogen and oxygen atoms in total. The number of fused-ring (bicyclic) bond motifs is 1. The number of aromatic nitrogens is 2. The molecule has 0 atom stereocenters. The predicted octanol–water partition coefficient (Wildman–Crippen LogP) is 4.54. The monoisotopic (exact) mass is 547 g/mol. The van der Waals surface area contributed by atoms with Crippen LogP contribution in [0.3, 0.4) is 0 Å². The molecule has 3 aromatic carbocycles. The van der Waals surface area contributed by atoms with Gasteiger partial charge in [0.2, 0.25) is 0 Å². The summed E-state index contributed by atoms with van der Waals surface area (Å²) in [7, 11) is 0.365. The van der Waals surface area contributed by atoms with Crippen LogP contribution in [0.1, 0.15) is 11.1 Å². The van der Waals surface area contributed by atoms with Gasteiger partial charge in [-0.05, 0) is 47.9 Å². The number of rotatable bonds is 9. The van der Waals surface area contributed by atoms with Crippen molar-refractivity contribution in [1.29, 1.82) is 0 Å². The highest BCUT2D eigenvalue weighted by atomic mass is 32.2. The summed E-state index contributed by atoms with van der Waals surface area (Å²) in [6.45, 7) is 4.93. The minimum absolute atomic E-state index is 0.233. The molecular weight excluding hydrogens is 514 g/mol. The van der Waals surface area contributed by atoms with Crippen molar-refractivity contribution in [2.24, 2.45) is 0 Å². The standard InChI is InChI=1S/C30H33N3O5S/c1-21-17-22(7-8-24(21)20-33-11-15-39(34,35)16-12-33)25-5-4-6-26-30(25)32-27(19-31-26)23-9-10-28(29(18-23)37-3)38-14-13-36-2/h4-10,17-19H,11-16,20H2,1-3H3. The fraction of sp³-hybridized carbons (Fsp3) is 0.333. The second-order valence-corrected chi connectivity index (χ2v) is 12.0. The van der Waals surface area contributed by atoms with E-state index in [-0.39, 0.29) is 11.5 Å². The van der Waals surface area contributed by atoms with Crippen LogP contribution in [0.4, 0.5) is 0 Å². The van der Waals surface area contributed by atoms with Gasteiger partial charge in [-0.3, -0.25) is 9.88 Å². The summed E-state index contributed by atoms with van der Waals surface area (Å²) in [5.41, 5.74) is 7.69. The molecule has 0 bridgehead atoms. The lowest BCUT2D eigenvalue weighted by molar-refractivity contribution is 0.144. The highest BCUT2D eigenvalue weighted by Crippen LogP contribution is 2.34. The fourth-order valence-corrected chi connectivity index (χ4v) is 6.05. The van der Waals surface area contributed by atoms with E-state index in [0.717, 1.165) is 45.5 Å². The summed E-state index contributed by atoms with van der Waals surface area (Å²) in [5, 5.41) is 0. The number of benzene rings is 3. The van der Waals surface area contributed by atoms with Crippen molar-refractivity contribution in [2.75, 3.05) is 52.0 Å². The zero-order valence-corrected chi connectivity index (χ0v) is 23.3. The minimum atomic E-state index is -2.89. The van der Waals surface area contributed by atoms with Gasteiger partial charge in [0.1, 0.15) is 6.61 Å². The molecule has 0 unspecified atom stereocenters. The molecule has 0 N–H and O–H groups in total. The normalized spacial score (nSPS) is 15.4. The molecule has 0 spiro atoms. The van der Waals surface area contributed by atoms with Crippen molar-refractivity contribution < 1.29 is 22.6 Å². The van der Waals surface area contributed by atoms with E-state index in [1.807, 2.05) is 30.3 Å². The molecule has 1 aliphatic heterocycles. The molecule has 1 fully saturated rings. The van der Waals surface area contributed by atoms with E-state index in [9.17, 15) is 8.42 Å². The number of nitrogens with zero attached hydrogens (tertiary/aromatic N) is 3. The summed E-state index contributed by atoms with van der Waals surface area (Å²) in [5.74, 6) is 1.73. The Labute approximate surface area is 229 Å². The maximum Gasteiger partial charge on any atom is 0.161 e. The van der Waals surface area contributed by atoms with Crippen molar-refractivity contribution >= 4 is 20.9 Å². The zero-order valence-electron chi connectivity index (χ0n) is 22.5. The molecule has 0 amide bonds. The third-order valence-electron chi connectivity index (χ3n) is 7.06. The Morgan fingerprint density at radius 1 is 0.923 bits per heavy atom. The average molecular weight is 548 g/mol. The van der Waals surface area contributed by atoms with Gasteiger partial charge in [0.05, 0.1) is 48.1 Å². The lowest BCUT2D eigenvalue weighted by Gasteiger charge is -2.27. The van der Waals surface area contributed by atoms with Crippen molar-refractivity contribution in [3.8, 4) is 33.9 Å². The number of ether oxygens (including phenoxy) is 3. The Bertz CT molecular complexity index is 1580. The van der Waals surface area contributed by atoms with Gasteiger partial charge in [0.25, 0.3) is 0 Å². The smallest absolute Gasteiger partial charge is 0.161 e. The van der Waals surface area contributed by atoms with E-state index in [0.29, 0.717) is 37.8 Å². The van der Waals surface area contributed by atoms with Crippen LogP contribution >= 0.6 is 0 Å². The highest BCUT2D eigenvalue weighted by molar-refractivity contribution is 7.91. The van der Waals surface area contributed by atoms with E-state index in [1.54, 1.807) is 20.4 Å². The molecule has 5 rings (SSSR count). The second kappa shape index (κ2) is 11.7. The molecule has 0 radical (unpaired) electrons. The summed E-state index contributed by atoms with van der Waals surface area (Å²) >= 11 is 0. The molecule has 2 heterocycles. The zero-order chi connectivity index (χ0) is 27.4. The molecule has 1 saturated heterocycles. The third kappa shape index (κ3) is 6.21. The van der Waals surface area contributed by atoms with Crippen molar-refractivity contribution in [1.82, 2.24) is 14.9 Å². The first-order valence-electron chi connectivity index (χ1n) is 13.0. The van der Waals surface area contributed by atoms with Crippen LogP contribution in [0.15, 0.2) is 60.8 Å². The fourth-order valence-electron chi connectivity index (χ4n) is 4.78. The summed E-state index contributed by atoms with van der Waals surface area (Å²) < 4.78 is 40.0. The Kier molecular flexibility index (Phi) is 8.11. The number of sulfone groups is 1. The van der Waals surface area contributed by atoms with Crippen LogP contribution in [-0.2, 0) is 21.1 Å². The van der Waals surface area contributed by atoms with Gasteiger partial charge in [-0.15, -0.1) is 0 Å². The van der Waals surface area contributed by atoms with Crippen molar-refractivity contribution in [2.45, 2.75) is 13.5 Å². The summed E-state index contributed by atoms with van der Waals surface area (Å²) in [6.07, 6.45) is 1.78. The summed E-state index contributed by atoms with van der Waals surface area (Å²) in [4.78, 5) is 11.9. The number of hydrogen-bond acceptors (Lipinski definition) is 8. The molecule has 0 aliphatic carbocycles. The molecule has 9 heteroatoms. The summed E-state index contributed by atoms with van der Waals surface area (Å²) in [6, 6.07) is 18.2. The van der Waals surface area contributed by atoms with Crippen LogP contribution in [0, 0.1) is 6.92 Å². The quantitative estimate of drug-likeness (QED) is 0.282. The Balaban J connectivity index is 1.43. The lowest BCUT2D eigenvalue weighted by Crippen LogP contribution is -2.39.